The van der Waals surface area contributed by atoms with E-state index in [9.17, 15) is 4.79 Å². The molecule has 0 atom stereocenters. The molecule has 0 fully saturated rings. The lowest BCUT2D eigenvalue weighted by atomic mass is 10.1. The van der Waals surface area contributed by atoms with Crippen molar-refractivity contribution in [2.24, 2.45) is 0 Å². The first-order valence-corrected chi connectivity index (χ1v) is 8.53. The summed E-state index contributed by atoms with van der Waals surface area (Å²) < 4.78 is 0. The average molecular weight is 340 g/mol. The number of carbonyl (C=O) groups is 1. The fourth-order valence-corrected chi connectivity index (χ4v) is 3.91. The maximum absolute atomic E-state index is 12.3. The molecule has 0 bridgehead atoms. The SMILES string of the molecule is O=C(CCN1CCc2sccc2C1)c1cccc(Cl)c1Cl. The number of hydrogen-bond acceptors (Lipinski definition) is 3. The Morgan fingerprint density at radius 1 is 1.29 bits per heavy atom. The molecule has 5 heteroatoms. The maximum atomic E-state index is 12.3. The molecular formula is C16H15Cl2NOS. The fraction of sp³-hybridized carbons (Fsp3) is 0.312. The number of benzene rings is 1. The minimum absolute atomic E-state index is 0.0543. The van der Waals surface area contributed by atoms with E-state index in [1.165, 1.54) is 10.4 Å². The summed E-state index contributed by atoms with van der Waals surface area (Å²) in [5.41, 5.74) is 1.93. The van der Waals surface area contributed by atoms with Crippen LogP contribution in [0.3, 0.4) is 0 Å². The van der Waals surface area contributed by atoms with Crippen LogP contribution in [0.2, 0.25) is 10.0 Å². The van der Waals surface area contributed by atoms with Crippen molar-refractivity contribution in [2.75, 3.05) is 13.1 Å². The molecule has 0 unspecified atom stereocenters. The van der Waals surface area contributed by atoms with E-state index in [2.05, 4.69) is 16.3 Å². The molecule has 1 aliphatic heterocycles. The van der Waals surface area contributed by atoms with Crippen molar-refractivity contribution >= 4 is 40.3 Å². The molecule has 0 amide bonds. The number of hydrogen-bond donors (Lipinski definition) is 0. The van der Waals surface area contributed by atoms with Crippen LogP contribution in [-0.2, 0) is 13.0 Å². The van der Waals surface area contributed by atoms with Gasteiger partial charge in [-0.3, -0.25) is 9.69 Å². The van der Waals surface area contributed by atoms with E-state index in [0.717, 1.165) is 26.1 Å². The van der Waals surface area contributed by atoms with Crippen LogP contribution in [0.25, 0.3) is 0 Å². The molecule has 0 spiro atoms. The van der Waals surface area contributed by atoms with Gasteiger partial charge in [0.15, 0.2) is 5.78 Å². The highest BCUT2D eigenvalue weighted by atomic mass is 35.5. The highest BCUT2D eigenvalue weighted by Crippen LogP contribution is 2.27. The molecule has 1 aromatic carbocycles. The van der Waals surface area contributed by atoms with Crippen molar-refractivity contribution in [3.63, 3.8) is 0 Å². The van der Waals surface area contributed by atoms with Crippen molar-refractivity contribution in [1.82, 2.24) is 4.90 Å². The van der Waals surface area contributed by atoms with Crippen LogP contribution in [-0.4, -0.2) is 23.8 Å². The molecule has 3 rings (SSSR count). The summed E-state index contributed by atoms with van der Waals surface area (Å²) in [6.45, 7) is 2.72. The molecule has 0 radical (unpaired) electrons. The Labute approximate surface area is 138 Å². The Morgan fingerprint density at radius 2 is 2.14 bits per heavy atom. The van der Waals surface area contributed by atoms with Gasteiger partial charge in [0, 0.05) is 36.5 Å². The lowest BCUT2D eigenvalue weighted by molar-refractivity contribution is 0.0961. The maximum Gasteiger partial charge on any atom is 0.165 e. The average Bonchev–Trinajstić information content (AvgIpc) is 2.95. The van der Waals surface area contributed by atoms with Crippen molar-refractivity contribution in [2.45, 2.75) is 19.4 Å². The van der Waals surface area contributed by atoms with E-state index in [1.54, 1.807) is 18.2 Å². The highest BCUT2D eigenvalue weighted by Gasteiger charge is 2.19. The lowest BCUT2D eigenvalue weighted by Gasteiger charge is -2.26. The summed E-state index contributed by atoms with van der Waals surface area (Å²) in [5, 5.41) is 2.94. The first-order chi connectivity index (χ1) is 10.1. The summed E-state index contributed by atoms with van der Waals surface area (Å²) in [6.07, 6.45) is 1.55. The second-order valence-electron chi connectivity index (χ2n) is 5.17. The number of halogens is 2. The first kappa shape index (κ1) is 15.0. The highest BCUT2D eigenvalue weighted by molar-refractivity contribution is 7.10. The van der Waals surface area contributed by atoms with Gasteiger partial charge in [0.2, 0.25) is 0 Å². The van der Waals surface area contributed by atoms with Crippen LogP contribution >= 0.6 is 34.5 Å². The van der Waals surface area contributed by atoms with Crippen LogP contribution < -0.4 is 0 Å². The summed E-state index contributed by atoms with van der Waals surface area (Å²) in [6, 6.07) is 7.38. The summed E-state index contributed by atoms with van der Waals surface area (Å²) in [7, 11) is 0. The zero-order valence-corrected chi connectivity index (χ0v) is 13.8. The Balaban J connectivity index is 1.61. The Bertz CT molecular complexity index is 668. The monoisotopic (exact) mass is 339 g/mol. The van der Waals surface area contributed by atoms with E-state index < -0.39 is 0 Å². The van der Waals surface area contributed by atoms with Gasteiger partial charge >= 0.3 is 0 Å². The van der Waals surface area contributed by atoms with Crippen molar-refractivity contribution < 1.29 is 4.79 Å². The third kappa shape index (κ3) is 3.32. The molecule has 2 heterocycles. The smallest absolute Gasteiger partial charge is 0.165 e. The Morgan fingerprint density at radius 3 is 3.00 bits per heavy atom. The quantitative estimate of drug-likeness (QED) is 0.753. The normalized spacial score (nSPS) is 15.0. The number of Topliss-reactive ketones (excluding diaryl/α,β-unsaturated/α-hetero) is 1. The predicted octanol–water partition coefficient (Wildman–Crippen LogP) is 4.69. The summed E-state index contributed by atoms with van der Waals surface area (Å²) in [4.78, 5) is 16.1. The number of nitrogens with zero attached hydrogens (tertiary/aromatic N) is 1. The van der Waals surface area contributed by atoms with E-state index in [-0.39, 0.29) is 5.78 Å². The third-order valence-electron chi connectivity index (χ3n) is 3.79. The standard InChI is InChI=1S/C16H15Cl2NOS/c17-13-3-1-2-12(16(13)18)14(20)4-7-19-8-5-15-11(10-19)6-9-21-15/h1-3,6,9H,4-5,7-8,10H2. The number of ketones is 1. The van der Waals surface area contributed by atoms with Crippen LogP contribution in [0.15, 0.2) is 29.6 Å². The van der Waals surface area contributed by atoms with Crippen LogP contribution in [0.1, 0.15) is 27.2 Å². The van der Waals surface area contributed by atoms with E-state index >= 15 is 0 Å². The molecule has 21 heavy (non-hydrogen) atoms. The second-order valence-corrected chi connectivity index (χ2v) is 6.96. The molecule has 0 aliphatic carbocycles. The molecule has 2 nitrogen and oxygen atoms in total. The fourth-order valence-electron chi connectivity index (χ4n) is 2.61. The molecule has 0 saturated carbocycles. The molecular weight excluding hydrogens is 325 g/mol. The minimum Gasteiger partial charge on any atom is -0.298 e. The van der Waals surface area contributed by atoms with Gasteiger partial charge in [-0.15, -0.1) is 11.3 Å². The van der Waals surface area contributed by atoms with Gasteiger partial charge in [-0.05, 0) is 35.6 Å². The lowest BCUT2D eigenvalue weighted by Crippen LogP contribution is -2.31. The molecule has 1 aromatic heterocycles. The van der Waals surface area contributed by atoms with Crippen molar-refractivity contribution in [3.05, 3.63) is 55.7 Å². The van der Waals surface area contributed by atoms with Gasteiger partial charge in [-0.2, -0.15) is 0 Å². The molecule has 110 valence electrons. The number of carbonyl (C=O) groups excluding carboxylic acids is 1. The topological polar surface area (TPSA) is 20.3 Å². The van der Waals surface area contributed by atoms with E-state index in [4.69, 9.17) is 23.2 Å². The Hall–Kier alpha value is -0.870. The third-order valence-corrected chi connectivity index (χ3v) is 5.64. The zero-order valence-electron chi connectivity index (χ0n) is 11.4. The van der Waals surface area contributed by atoms with Gasteiger partial charge in [0.05, 0.1) is 10.0 Å². The van der Waals surface area contributed by atoms with Gasteiger partial charge in [0.25, 0.3) is 0 Å². The van der Waals surface area contributed by atoms with E-state index in [0.29, 0.717) is 22.0 Å². The van der Waals surface area contributed by atoms with Crippen LogP contribution in [0, 0.1) is 0 Å². The molecule has 2 aromatic rings. The Kier molecular flexibility index (Phi) is 4.65. The first-order valence-electron chi connectivity index (χ1n) is 6.90. The molecule has 1 aliphatic rings. The largest absolute Gasteiger partial charge is 0.298 e. The second kappa shape index (κ2) is 6.49. The zero-order chi connectivity index (χ0) is 14.8. The number of thiophene rings is 1. The van der Waals surface area contributed by atoms with E-state index in [1.807, 2.05) is 11.3 Å². The summed E-state index contributed by atoms with van der Waals surface area (Å²) >= 11 is 13.9. The molecule has 0 N–H and O–H groups in total. The van der Waals surface area contributed by atoms with Crippen molar-refractivity contribution in [1.29, 1.82) is 0 Å². The van der Waals surface area contributed by atoms with Crippen LogP contribution in [0.5, 0.6) is 0 Å². The van der Waals surface area contributed by atoms with Gasteiger partial charge in [-0.25, -0.2) is 0 Å². The number of fused-ring (bicyclic) bond motifs is 1. The van der Waals surface area contributed by atoms with Gasteiger partial charge in [0.1, 0.15) is 0 Å². The summed E-state index contributed by atoms with van der Waals surface area (Å²) in [5.74, 6) is 0.0543. The van der Waals surface area contributed by atoms with Crippen LogP contribution in [0.4, 0.5) is 0 Å². The molecule has 0 saturated heterocycles. The minimum atomic E-state index is 0.0543. The van der Waals surface area contributed by atoms with Gasteiger partial charge in [-0.1, -0.05) is 29.3 Å². The number of rotatable bonds is 4. The van der Waals surface area contributed by atoms with Crippen molar-refractivity contribution in [3.8, 4) is 0 Å². The van der Waals surface area contributed by atoms with Gasteiger partial charge < -0.3 is 0 Å². The predicted molar refractivity (Wildman–Crippen MR) is 88.7 cm³/mol.